The van der Waals surface area contributed by atoms with Gasteiger partial charge in [-0.1, -0.05) is 6.07 Å². The van der Waals surface area contributed by atoms with Crippen LogP contribution in [0.3, 0.4) is 0 Å². The van der Waals surface area contributed by atoms with E-state index in [1.165, 1.54) is 6.07 Å². The van der Waals surface area contributed by atoms with Gasteiger partial charge in [-0.25, -0.2) is 0 Å². The van der Waals surface area contributed by atoms with Crippen LogP contribution >= 0.6 is 22.6 Å². The summed E-state index contributed by atoms with van der Waals surface area (Å²) >= 11 is 2.02. The number of fused-ring (bicyclic) bond motifs is 1. The summed E-state index contributed by atoms with van der Waals surface area (Å²) in [7, 11) is 1.85. The zero-order valence-electron chi connectivity index (χ0n) is 10.5. The van der Waals surface area contributed by atoms with E-state index in [-0.39, 0.29) is 10.6 Å². The molecular weight excluding hydrogens is 373 g/mol. The molecule has 0 N–H and O–H groups in total. The Morgan fingerprint density at radius 2 is 2.15 bits per heavy atom. The molecule has 2 heterocycles. The highest BCUT2D eigenvalue weighted by Gasteiger charge is 2.19. The normalized spacial score (nSPS) is 11.1. The monoisotopic (exact) mass is 383 g/mol. The van der Waals surface area contributed by atoms with Crippen molar-refractivity contribution in [2.24, 2.45) is 7.05 Å². The second kappa shape index (κ2) is 4.85. The fraction of sp³-hybridized carbons (Fsp3) is 0.167. The molecule has 3 rings (SSSR count). The number of hydrogen-bond acceptors (Lipinski definition) is 4. The smallest absolute Gasteiger partial charge is 0.275 e. The minimum Gasteiger partial charge on any atom is -0.275 e. The van der Waals surface area contributed by atoms with Gasteiger partial charge < -0.3 is 0 Å². The Hall–Kier alpha value is -1.97. The van der Waals surface area contributed by atoms with Gasteiger partial charge in [0.05, 0.1) is 22.7 Å². The van der Waals surface area contributed by atoms with Gasteiger partial charge >= 0.3 is 0 Å². The first-order valence-electron chi connectivity index (χ1n) is 5.84. The van der Waals surface area contributed by atoms with Crippen LogP contribution in [0, 0.1) is 13.8 Å². The topological polar surface area (TPSA) is 78.8 Å². The molecule has 0 spiro atoms. The molecule has 0 fully saturated rings. The SMILES string of the molecule is Cn1ccc(Cn2nc(I)c3c([N+](=O)[O-])cccc32)n1. The molecule has 0 saturated carbocycles. The summed E-state index contributed by atoms with van der Waals surface area (Å²) in [4.78, 5) is 10.7. The van der Waals surface area contributed by atoms with Crippen molar-refractivity contribution in [3.63, 3.8) is 0 Å². The van der Waals surface area contributed by atoms with Crippen molar-refractivity contribution in [3.05, 3.63) is 50.0 Å². The van der Waals surface area contributed by atoms with Crippen molar-refractivity contribution in [3.8, 4) is 0 Å². The molecule has 0 saturated heterocycles. The third kappa shape index (κ3) is 2.15. The molecule has 0 bridgehead atoms. The van der Waals surface area contributed by atoms with Crippen LogP contribution in [0.5, 0.6) is 0 Å². The lowest BCUT2D eigenvalue weighted by Crippen LogP contribution is -2.03. The number of aromatic nitrogens is 4. The molecule has 0 radical (unpaired) electrons. The number of non-ortho nitro benzene ring substituents is 1. The van der Waals surface area contributed by atoms with Crippen LogP contribution in [0.25, 0.3) is 10.9 Å². The summed E-state index contributed by atoms with van der Waals surface area (Å²) in [6.07, 6.45) is 1.86. The minimum absolute atomic E-state index is 0.0826. The zero-order chi connectivity index (χ0) is 14.3. The van der Waals surface area contributed by atoms with E-state index in [9.17, 15) is 10.1 Å². The second-order valence-corrected chi connectivity index (χ2v) is 5.38. The van der Waals surface area contributed by atoms with Gasteiger partial charge in [0.1, 0.15) is 9.09 Å². The van der Waals surface area contributed by atoms with Gasteiger partial charge in [-0.15, -0.1) is 0 Å². The summed E-state index contributed by atoms with van der Waals surface area (Å²) in [6.45, 7) is 0.488. The molecule has 3 aromatic rings. The highest BCUT2D eigenvalue weighted by Crippen LogP contribution is 2.29. The molecule has 0 atom stereocenters. The van der Waals surface area contributed by atoms with Gasteiger partial charge in [-0.3, -0.25) is 19.5 Å². The third-order valence-electron chi connectivity index (χ3n) is 2.99. The van der Waals surface area contributed by atoms with Crippen LogP contribution in [-0.2, 0) is 13.6 Å². The Morgan fingerprint density at radius 3 is 2.80 bits per heavy atom. The molecule has 1 aromatic carbocycles. The first kappa shape index (κ1) is 13.0. The number of aryl methyl sites for hydroxylation is 1. The van der Waals surface area contributed by atoms with Crippen molar-refractivity contribution < 1.29 is 4.92 Å². The Morgan fingerprint density at radius 1 is 1.35 bits per heavy atom. The Labute approximate surface area is 127 Å². The molecule has 2 aromatic heterocycles. The predicted molar refractivity (Wildman–Crippen MR) is 81.4 cm³/mol. The molecule has 20 heavy (non-hydrogen) atoms. The van der Waals surface area contributed by atoms with Crippen molar-refractivity contribution >= 4 is 39.2 Å². The van der Waals surface area contributed by atoms with Crippen LogP contribution in [0.1, 0.15) is 5.69 Å². The summed E-state index contributed by atoms with van der Waals surface area (Å²) in [5.41, 5.74) is 1.69. The molecule has 0 amide bonds. The number of hydrogen-bond donors (Lipinski definition) is 0. The van der Waals surface area contributed by atoms with Crippen molar-refractivity contribution in [1.82, 2.24) is 19.6 Å². The van der Waals surface area contributed by atoms with E-state index >= 15 is 0 Å². The molecule has 8 heteroatoms. The van der Waals surface area contributed by atoms with E-state index in [0.29, 0.717) is 15.6 Å². The Balaban J connectivity index is 2.13. The third-order valence-corrected chi connectivity index (χ3v) is 3.75. The highest BCUT2D eigenvalue weighted by atomic mass is 127. The van der Waals surface area contributed by atoms with Crippen LogP contribution in [-0.4, -0.2) is 24.5 Å². The lowest BCUT2D eigenvalue weighted by atomic mass is 10.2. The maximum Gasteiger partial charge on any atom is 0.281 e. The fourth-order valence-electron chi connectivity index (χ4n) is 2.14. The average Bonchev–Trinajstić information content (AvgIpc) is 2.95. The van der Waals surface area contributed by atoms with Crippen LogP contribution in [0.2, 0.25) is 0 Å². The number of rotatable bonds is 3. The summed E-state index contributed by atoms with van der Waals surface area (Å²) in [6, 6.07) is 6.91. The van der Waals surface area contributed by atoms with E-state index < -0.39 is 0 Å². The maximum atomic E-state index is 11.1. The lowest BCUT2D eigenvalue weighted by Gasteiger charge is -2.00. The van der Waals surface area contributed by atoms with Gasteiger partial charge in [0, 0.05) is 19.3 Å². The molecule has 0 unspecified atom stereocenters. The van der Waals surface area contributed by atoms with Crippen LogP contribution in [0.15, 0.2) is 30.5 Å². The first-order chi connectivity index (χ1) is 9.56. The largest absolute Gasteiger partial charge is 0.281 e. The van der Waals surface area contributed by atoms with E-state index in [1.807, 2.05) is 48.0 Å². The molecule has 7 nitrogen and oxygen atoms in total. The minimum atomic E-state index is -0.378. The van der Waals surface area contributed by atoms with Crippen LogP contribution in [0.4, 0.5) is 5.69 Å². The van der Waals surface area contributed by atoms with Gasteiger partial charge in [0.25, 0.3) is 5.69 Å². The van der Waals surface area contributed by atoms with Gasteiger partial charge in [-0.05, 0) is 34.7 Å². The average molecular weight is 383 g/mol. The molecule has 0 aliphatic rings. The summed E-state index contributed by atoms with van der Waals surface area (Å²) in [5.74, 6) is 0. The number of nitrogens with zero attached hydrogens (tertiary/aromatic N) is 5. The quantitative estimate of drug-likeness (QED) is 0.395. The number of benzene rings is 1. The second-order valence-electron chi connectivity index (χ2n) is 4.36. The van der Waals surface area contributed by atoms with Crippen molar-refractivity contribution in [1.29, 1.82) is 0 Å². The molecule has 0 aliphatic carbocycles. The van der Waals surface area contributed by atoms with Crippen molar-refractivity contribution in [2.45, 2.75) is 6.54 Å². The van der Waals surface area contributed by atoms with Gasteiger partial charge in [0.15, 0.2) is 0 Å². The number of nitro benzene ring substituents is 1. The van der Waals surface area contributed by atoms with Crippen molar-refractivity contribution in [2.75, 3.05) is 0 Å². The van der Waals surface area contributed by atoms with E-state index in [1.54, 1.807) is 15.4 Å². The van der Waals surface area contributed by atoms with E-state index in [4.69, 9.17) is 0 Å². The molecule has 0 aliphatic heterocycles. The molecule has 102 valence electrons. The fourth-order valence-corrected chi connectivity index (χ4v) is 2.95. The predicted octanol–water partition coefficient (Wildman–Crippen LogP) is 2.33. The van der Waals surface area contributed by atoms with E-state index in [2.05, 4.69) is 10.2 Å². The summed E-state index contributed by atoms with van der Waals surface area (Å²) < 4.78 is 4.08. The standard InChI is InChI=1S/C12H10IN5O2/c1-16-6-5-8(14-16)7-17-9-3-2-4-10(18(19)20)11(9)12(13)15-17/h2-6H,7H2,1H3. The Kier molecular flexibility index (Phi) is 3.16. The van der Waals surface area contributed by atoms with Crippen LogP contribution < -0.4 is 0 Å². The zero-order valence-corrected chi connectivity index (χ0v) is 12.7. The molecular formula is C12H10IN5O2. The van der Waals surface area contributed by atoms with E-state index in [0.717, 1.165) is 11.2 Å². The number of halogens is 1. The first-order valence-corrected chi connectivity index (χ1v) is 6.92. The Bertz CT molecular complexity index is 807. The number of nitro groups is 1. The summed E-state index contributed by atoms with van der Waals surface area (Å²) in [5, 5.41) is 20.4. The maximum absolute atomic E-state index is 11.1. The van der Waals surface area contributed by atoms with Gasteiger partial charge in [-0.2, -0.15) is 10.2 Å². The van der Waals surface area contributed by atoms with Gasteiger partial charge in [0.2, 0.25) is 0 Å². The lowest BCUT2D eigenvalue weighted by molar-refractivity contribution is -0.383. The highest BCUT2D eigenvalue weighted by molar-refractivity contribution is 14.1.